The van der Waals surface area contributed by atoms with E-state index < -0.39 is 0 Å². The second-order valence-corrected chi connectivity index (χ2v) is 8.22. The number of nitrogens with zero attached hydrogens (tertiary/aromatic N) is 4. The van der Waals surface area contributed by atoms with Crippen LogP contribution in [-0.2, 0) is 13.1 Å². The maximum absolute atomic E-state index is 5.72. The number of hydrogen-bond acceptors (Lipinski definition) is 6. The van der Waals surface area contributed by atoms with Gasteiger partial charge in [0, 0.05) is 43.6 Å². The number of hydrogen-bond donors (Lipinski definition) is 1. The molecule has 0 saturated carbocycles. The zero-order valence-corrected chi connectivity index (χ0v) is 17.8. The van der Waals surface area contributed by atoms with Crippen LogP contribution in [-0.4, -0.2) is 34.5 Å². The molecule has 3 heterocycles. The first-order chi connectivity index (χ1) is 14.3. The minimum atomic E-state index is 0.677. The van der Waals surface area contributed by atoms with Crippen LogP contribution in [0.5, 0.6) is 5.75 Å². The number of benzene rings is 1. The SMILES string of the molecule is CCOc1ccccc1CNCc1cccn1-c1nnc(N2CCCCCC2)s1. The van der Waals surface area contributed by atoms with E-state index in [1.54, 1.807) is 11.3 Å². The molecule has 1 aliphatic rings. The summed E-state index contributed by atoms with van der Waals surface area (Å²) in [5.74, 6) is 0.948. The normalized spacial score (nSPS) is 14.7. The second kappa shape index (κ2) is 9.89. The maximum Gasteiger partial charge on any atom is 0.218 e. The van der Waals surface area contributed by atoms with E-state index in [1.165, 1.54) is 36.9 Å². The van der Waals surface area contributed by atoms with Crippen molar-refractivity contribution in [2.75, 3.05) is 24.6 Å². The molecule has 2 aromatic heterocycles. The summed E-state index contributed by atoms with van der Waals surface area (Å²) in [7, 11) is 0. The predicted octanol–water partition coefficient (Wildman–Crippen LogP) is 4.40. The summed E-state index contributed by atoms with van der Waals surface area (Å²) < 4.78 is 7.86. The van der Waals surface area contributed by atoms with Crippen LogP contribution in [0.3, 0.4) is 0 Å². The fourth-order valence-corrected chi connectivity index (χ4v) is 4.63. The van der Waals surface area contributed by atoms with Crippen molar-refractivity contribution < 1.29 is 4.74 Å². The molecule has 6 nitrogen and oxygen atoms in total. The Morgan fingerprint density at radius 3 is 2.59 bits per heavy atom. The van der Waals surface area contributed by atoms with Gasteiger partial charge < -0.3 is 15.0 Å². The molecule has 4 rings (SSSR count). The van der Waals surface area contributed by atoms with E-state index in [1.807, 2.05) is 25.1 Å². The van der Waals surface area contributed by atoms with Crippen molar-refractivity contribution in [3.05, 3.63) is 53.9 Å². The summed E-state index contributed by atoms with van der Waals surface area (Å²) in [5.41, 5.74) is 2.35. The van der Waals surface area contributed by atoms with E-state index in [4.69, 9.17) is 4.74 Å². The number of anilines is 1. The highest BCUT2D eigenvalue weighted by Gasteiger charge is 2.16. The fraction of sp³-hybridized carbons (Fsp3) is 0.455. The zero-order valence-electron chi connectivity index (χ0n) is 17.0. The molecule has 1 saturated heterocycles. The zero-order chi connectivity index (χ0) is 19.9. The van der Waals surface area contributed by atoms with Crippen LogP contribution in [0.15, 0.2) is 42.6 Å². The molecular weight excluding hydrogens is 382 g/mol. The lowest BCUT2D eigenvalue weighted by molar-refractivity contribution is 0.335. The minimum Gasteiger partial charge on any atom is -0.494 e. The van der Waals surface area contributed by atoms with Gasteiger partial charge in [0.2, 0.25) is 10.3 Å². The van der Waals surface area contributed by atoms with Crippen LogP contribution >= 0.6 is 11.3 Å². The molecule has 1 N–H and O–H groups in total. The third-order valence-electron chi connectivity index (χ3n) is 5.21. The third kappa shape index (κ3) is 4.97. The quantitative estimate of drug-likeness (QED) is 0.595. The number of rotatable bonds is 8. The fourth-order valence-electron chi connectivity index (χ4n) is 3.71. The minimum absolute atomic E-state index is 0.677. The molecule has 0 aliphatic carbocycles. The first-order valence-electron chi connectivity index (χ1n) is 10.5. The summed E-state index contributed by atoms with van der Waals surface area (Å²) in [4.78, 5) is 2.39. The maximum atomic E-state index is 5.72. The highest BCUT2D eigenvalue weighted by atomic mass is 32.1. The molecule has 7 heteroatoms. The second-order valence-electron chi connectivity index (χ2n) is 7.28. The summed E-state index contributed by atoms with van der Waals surface area (Å²) in [6.45, 7) is 6.39. The van der Waals surface area contributed by atoms with E-state index in [0.717, 1.165) is 42.2 Å². The van der Waals surface area contributed by atoms with Crippen molar-refractivity contribution in [3.63, 3.8) is 0 Å². The molecule has 0 amide bonds. The standard InChI is InChI=1S/C22H29N5OS/c1-2-28-20-12-6-5-10-18(20)16-23-17-19-11-9-15-27(19)22-25-24-21(29-22)26-13-7-3-4-8-14-26/h5-6,9-12,15,23H,2-4,7-8,13-14,16-17H2,1H3. The first kappa shape index (κ1) is 19.9. The van der Waals surface area contributed by atoms with Gasteiger partial charge in [0.05, 0.1) is 6.61 Å². The van der Waals surface area contributed by atoms with Gasteiger partial charge in [-0.15, -0.1) is 10.2 Å². The Balaban J connectivity index is 1.40. The number of para-hydroxylation sites is 1. The molecular formula is C22H29N5OS. The molecule has 1 aromatic carbocycles. The lowest BCUT2D eigenvalue weighted by Crippen LogP contribution is -2.23. The van der Waals surface area contributed by atoms with E-state index in [-0.39, 0.29) is 0 Å². The van der Waals surface area contributed by atoms with Crippen molar-refractivity contribution >= 4 is 16.5 Å². The summed E-state index contributed by atoms with van der Waals surface area (Å²) in [6.07, 6.45) is 7.20. The Bertz CT molecular complexity index is 898. The molecule has 3 aromatic rings. The van der Waals surface area contributed by atoms with Gasteiger partial charge in [-0.05, 0) is 38.0 Å². The van der Waals surface area contributed by atoms with Gasteiger partial charge >= 0.3 is 0 Å². The molecule has 1 aliphatic heterocycles. The van der Waals surface area contributed by atoms with Gasteiger partial charge in [0.15, 0.2) is 0 Å². The largest absolute Gasteiger partial charge is 0.494 e. The molecule has 0 atom stereocenters. The van der Waals surface area contributed by atoms with E-state index in [0.29, 0.717) is 6.61 Å². The molecule has 1 fully saturated rings. The highest BCUT2D eigenvalue weighted by molar-refractivity contribution is 7.17. The van der Waals surface area contributed by atoms with E-state index in [2.05, 4.69) is 49.4 Å². The van der Waals surface area contributed by atoms with Gasteiger partial charge in [-0.2, -0.15) is 0 Å². The Kier molecular flexibility index (Phi) is 6.79. The van der Waals surface area contributed by atoms with Crippen molar-refractivity contribution in [1.82, 2.24) is 20.1 Å². The average Bonchev–Trinajstić information content (AvgIpc) is 3.32. The Morgan fingerprint density at radius 1 is 0.966 bits per heavy atom. The van der Waals surface area contributed by atoms with Crippen LogP contribution in [0.2, 0.25) is 0 Å². The van der Waals surface area contributed by atoms with Gasteiger partial charge in [-0.1, -0.05) is 42.4 Å². The lowest BCUT2D eigenvalue weighted by atomic mass is 10.2. The molecule has 0 radical (unpaired) electrons. The molecule has 0 spiro atoms. The predicted molar refractivity (Wildman–Crippen MR) is 118 cm³/mol. The first-order valence-corrected chi connectivity index (χ1v) is 11.3. The topological polar surface area (TPSA) is 55.2 Å². The monoisotopic (exact) mass is 411 g/mol. The smallest absolute Gasteiger partial charge is 0.218 e. The molecule has 0 bridgehead atoms. The van der Waals surface area contributed by atoms with Crippen LogP contribution < -0.4 is 15.0 Å². The van der Waals surface area contributed by atoms with Crippen LogP contribution in [0.25, 0.3) is 5.13 Å². The third-order valence-corrected chi connectivity index (χ3v) is 6.20. The van der Waals surface area contributed by atoms with Gasteiger partial charge in [0.25, 0.3) is 0 Å². The lowest BCUT2D eigenvalue weighted by Gasteiger charge is -2.17. The van der Waals surface area contributed by atoms with Crippen LogP contribution in [0.4, 0.5) is 5.13 Å². The van der Waals surface area contributed by atoms with Crippen LogP contribution in [0, 0.1) is 0 Å². The number of nitrogens with one attached hydrogen (secondary N) is 1. The highest BCUT2D eigenvalue weighted by Crippen LogP contribution is 2.26. The average molecular weight is 412 g/mol. The van der Waals surface area contributed by atoms with E-state index >= 15 is 0 Å². The van der Waals surface area contributed by atoms with E-state index in [9.17, 15) is 0 Å². The van der Waals surface area contributed by atoms with Crippen LogP contribution in [0.1, 0.15) is 43.9 Å². The summed E-state index contributed by atoms with van der Waals surface area (Å²) in [6, 6.07) is 12.4. The van der Waals surface area contributed by atoms with Crippen molar-refractivity contribution in [2.45, 2.75) is 45.7 Å². The van der Waals surface area contributed by atoms with Gasteiger partial charge in [-0.3, -0.25) is 4.57 Å². The Hall–Kier alpha value is -2.38. The number of ether oxygens (including phenoxy) is 1. The summed E-state index contributed by atoms with van der Waals surface area (Å²) >= 11 is 1.68. The molecule has 0 unspecified atom stereocenters. The van der Waals surface area contributed by atoms with Gasteiger partial charge in [-0.25, -0.2) is 0 Å². The van der Waals surface area contributed by atoms with Gasteiger partial charge in [0.1, 0.15) is 5.75 Å². The van der Waals surface area contributed by atoms with Crippen molar-refractivity contribution in [1.29, 1.82) is 0 Å². The molecule has 29 heavy (non-hydrogen) atoms. The Labute approximate surface area is 176 Å². The summed E-state index contributed by atoms with van der Waals surface area (Å²) in [5, 5.41) is 14.5. The Morgan fingerprint density at radius 2 is 1.76 bits per heavy atom. The van der Waals surface area contributed by atoms with Crippen molar-refractivity contribution in [2.24, 2.45) is 0 Å². The van der Waals surface area contributed by atoms with Crippen molar-refractivity contribution in [3.8, 4) is 10.9 Å². The number of aromatic nitrogens is 3. The molecule has 154 valence electrons.